The Bertz CT molecular complexity index is 820. The zero-order valence-electron chi connectivity index (χ0n) is 12.7. The highest BCUT2D eigenvalue weighted by Gasteiger charge is 2.20. The van der Waals surface area contributed by atoms with E-state index >= 15 is 0 Å². The van der Waals surface area contributed by atoms with Crippen LogP contribution in [0.15, 0.2) is 30.3 Å². The Balaban J connectivity index is 2.07. The average Bonchev–Trinajstić information content (AvgIpc) is 3.04. The normalized spacial score (nSPS) is 10.6. The fraction of sp³-hybridized carbons (Fsp3) is 0.200. The number of alkyl halides is 2. The lowest BCUT2D eigenvalue weighted by molar-refractivity contribution is -0.380. The number of Topliss-reactive ketones (excluding diaryl/α,β-unsaturated/α-hetero) is 1. The molecule has 0 unspecified atom stereocenters. The number of benzene rings is 1. The van der Waals surface area contributed by atoms with Gasteiger partial charge in [0, 0.05) is 6.07 Å². The number of nitro groups is 1. The molecule has 2 rings (SSSR count). The van der Waals surface area contributed by atoms with E-state index in [1.54, 1.807) is 6.92 Å². The van der Waals surface area contributed by atoms with Crippen molar-refractivity contribution >= 4 is 28.1 Å². The van der Waals surface area contributed by atoms with Gasteiger partial charge >= 0.3 is 17.6 Å². The first-order valence-electron chi connectivity index (χ1n) is 6.78. The molecule has 0 N–H and O–H groups in total. The molecule has 0 radical (unpaired) electrons. The molecular weight excluding hydrogens is 360 g/mol. The number of thiophene rings is 1. The summed E-state index contributed by atoms with van der Waals surface area (Å²) in [5.74, 6) is -1.98. The third kappa shape index (κ3) is 4.80. The van der Waals surface area contributed by atoms with E-state index in [9.17, 15) is 28.5 Å². The van der Waals surface area contributed by atoms with E-state index in [-0.39, 0.29) is 21.2 Å². The number of ketones is 1. The Hall–Kier alpha value is -2.88. The SMILES string of the molecule is Cc1ccc(OC(F)F)c(C(=O)COC(=O)c2ccc([N+](=O)[O-])s2)c1. The predicted octanol–water partition coefficient (Wildman–Crippen LogP) is 3.61. The summed E-state index contributed by atoms with van der Waals surface area (Å²) in [6.07, 6.45) is 0. The van der Waals surface area contributed by atoms with Gasteiger partial charge in [0.25, 0.3) is 0 Å². The van der Waals surface area contributed by atoms with Gasteiger partial charge in [-0.15, -0.1) is 0 Å². The molecule has 0 fully saturated rings. The Morgan fingerprint density at radius 3 is 2.60 bits per heavy atom. The first-order valence-corrected chi connectivity index (χ1v) is 7.59. The number of esters is 1. The van der Waals surface area contributed by atoms with Crippen molar-refractivity contribution in [2.24, 2.45) is 0 Å². The molecule has 1 heterocycles. The van der Waals surface area contributed by atoms with Crippen molar-refractivity contribution in [3.05, 3.63) is 56.5 Å². The maximum Gasteiger partial charge on any atom is 0.387 e. The summed E-state index contributed by atoms with van der Waals surface area (Å²) in [6.45, 7) is -2.17. The lowest BCUT2D eigenvalue weighted by Gasteiger charge is -2.11. The maximum absolute atomic E-state index is 12.4. The molecule has 0 aliphatic carbocycles. The second-order valence-electron chi connectivity index (χ2n) is 4.77. The van der Waals surface area contributed by atoms with E-state index in [0.717, 1.165) is 6.07 Å². The van der Waals surface area contributed by atoms with E-state index in [2.05, 4.69) is 4.74 Å². The van der Waals surface area contributed by atoms with Crippen molar-refractivity contribution in [3.8, 4) is 5.75 Å². The summed E-state index contributed by atoms with van der Waals surface area (Å²) in [6, 6.07) is 6.39. The fourth-order valence-corrected chi connectivity index (χ4v) is 2.59. The number of rotatable bonds is 7. The van der Waals surface area contributed by atoms with Gasteiger partial charge in [-0.05, 0) is 25.1 Å². The van der Waals surface area contributed by atoms with Gasteiger partial charge in [0.05, 0.1) is 10.5 Å². The van der Waals surface area contributed by atoms with Crippen molar-refractivity contribution in [3.63, 3.8) is 0 Å². The van der Waals surface area contributed by atoms with Crippen LogP contribution in [0.2, 0.25) is 0 Å². The average molecular weight is 371 g/mol. The number of hydrogen-bond donors (Lipinski definition) is 0. The third-order valence-corrected chi connectivity index (χ3v) is 3.98. The minimum atomic E-state index is -3.11. The second-order valence-corrected chi connectivity index (χ2v) is 5.83. The number of nitrogens with zero attached hydrogens (tertiary/aromatic N) is 1. The van der Waals surface area contributed by atoms with Crippen molar-refractivity contribution in [2.45, 2.75) is 13.5 Å². The van der Waals surface area contributed by atoms with Crippen LogP contribution in [0.25, 0.3) is 0 Å². The highest BCUT2D eigenvalue weighted by Crippen LogP contribution is 2.25. The summed E-state index contributed by atoms with van der Waals surface area (Å²) >= 11 is 0.602. The molecular formula is C15H11F2NO6S. The summed E-state index contributed by atoms with van der Waals surface area (Å²) in [5.41, 5.74) is 0.482. The monoisotopic (exact) mass is 371 g/mol. The quantitative estimate of drug-likeness (QED) is 0.319. The Morgan fingerprint density at radius 1 is 1.28 bits per heavy atom. The molecule has 7 nitrogen and oxygen atoms in total. The molecule has 10 heteroatoms. The second kappa shape index (κ2) is 7.79. The van der Waals surface area contributed by atoms with E-state index in [1.807, 2.05) is 0 Å². The van der Waals surface area contributed by atoms with Gasteiger partial charge in [-0.3, -0.25) is 14.9 Å². The van der Waals surface area contributed by atoms with Crippen LogP contribution in [0.4, 0.5) is 13.8 Å². The Morgan fingerprint density at radius 2 is 2.00 bits per heavy atom. The number of halogens is 2. The van der Waals surface area contributed by atoms with Crippen molar-refractivity contribution in [1.82, 2.24) is 0 Å². The molecule has 0 aliphatic heterocycles. The van der Waals surface area contributed by atoms with Gasteiger partial charge in [0.15, 0.2) is 6.61 Å². The zero-order valence-corrected chi connectivity index (χ0v) is 13.5. The first kappa shape index (κ1) is 18.5. The smallest absolute Gasteiger partial charge is 0.387 e. The van der Waals surface area contributed by atoms with Crippen molar-refractivity contribution in [2.75, 3.05) is 6.61 Å². The minimum Gasteiger partial charge on any atom is -0.453 e. The molecule has 0 amide bonds. The number of hydrogen-bond acceptors (Lipinski definition) is 7. The summed E-state index contributed by atoms with van der Waals surface area (Å²) < 4.78 is 33.9. The topological polar surface area (TPSA) is 95.7 Å². The van der Waals surface area contributed by atoms with Crippen LogP contribution in [0.3, 0.4) is 0 Å². The van der Waals surface area contributed by atoms with Gasteiger partial charge in [0.2, 0.25) is 5.78 Å². The van der Waals surface area contributed by atoms with Crippen molar-refractivity contribution < 1.29 is 32.8 Å². The first-order chi connectivity index (χ1) is 11.8. The minimum absolute atomic E-state index is 0.0483. The molecule has 2 aromatic rings. The van der Waals surface area contributed by atoms with Gasteiger partial charge in [-0.2, -0.15) is 8.78 Å². The zero-order chi connectivity index (χ0) is 18.6. The molecule has 0 atom stereocenters. The van der Waals surface area contributed by atoms with E-state index in [0.29, 0.717) is 16.9 Å². The molecule has 1 aromatic carbocycles. The summed E-state index contributed by atoms with van der Waals surface area (Å²) in [4.78, 5) is 33.8. The van der Waals surface area contributed by atoms with Crippen LogP contribution in [0.1, 0.15) is 25.6 Å². The number of carbonyl (C=O) groups excluding carboxylic acids is 2. The third-order valence-electron chi connectivity index (χ3n) is 2.96. The van der Waals surface area contributed by atoms with E-state index < -0.39 is 29.9 Å². The van der Waals surface area contributed by atoms with Gasteiger partial charge in [-0.1, -0.05) is 23.0 Å². The molecule has 132 valence electrons. The van der Waals surface area contributed by atoms with Gasteiger partial charge in [-0.25, -0.2) is 4.79 Å². The number of ether oxygens (including phenoxy) is 2. The van der Waals surface area contributed by atoms with Crippen LogP contribution in [0.5, 0.6) is 5.75 Å². The van der Waals surface area contributed by atoms with Gasteiger partial charge < -0.3 is 9.47 Å². The van der Waals surface area contributed by atoms with Crippen LogP contribution in [-0.4, -0.2) is 29.9 Å². The van der Waals surface area contributed by atoms with Crippen LogP contribution >= 0.6 is 11.3 Å². The van der Waals surface area contributed by atoms with Crippen LogP contribution < -0.4 is 4.74 Å². The van der Waals surface area contributed by atoms with Crippen LogP contribution in [-0.2, 0) is 4.74 Å². The molecule has 0 saturated heterocycles. The fourth-order valence-electron chi connectivity index (χ4n) is 1.88. The predicted molar refractivity (Wildman–Crippen MR) is 83.4 cm³/mol. The summed E-state index contributed by atoms with van der Waals surface area (Å²) in [7, 11) is 0. The van der Waals surface area contributed by atoms with Crippen molar-refractivity contribution in [1.29, 1.82) is 0 Å². The number of aryl methyl sites for hydroxylation is 1. The summed E-state index contributed by atoms with van der Waals surface area (Å²) in [5, 5.41) is 10.3. The molecule has 0 spiro atoms. The lowest BCUT2D eigenvalue weighted by Crippen LogP contribution is -2.15. The Kier molecular flexibility index (Phi) is 5.75. The molecule has 1 aromatic heterocycles. The largest absolute Gasteiger partial charge is 0.453 e. The highest BCUT2D eigenvalue weighted by atomic mass is 32.1. The molecule has 0 aliphatic rings. The standard InChI is InChI=1S/C15H11F2NO6S/c1-8-2-3-11(24-15(16)17)9(6-8)10(19)7-23-14(20)12-4-5-13(25-12)18(21)22/h2-6,15H,7H2,1H3. The Labute approximate surface area is 143 Å². The van der Waals surface area contributed by atoms with E-state index in [4.69, 9.17) is 4.74 Å². The van der Waals surface area contributed by atoms with Gasteiger partial charge in [0.1, 0.15) is 10.6 Å². The highest BCUT2D eigenvalue weighted by molar-refractivity contribution is 7.17. The number of carbonyl (C=O) groups is 2. The lowest BCUT2D eigenvalue weighted by atomic mass is 10.1. The molecule has 0 saturated carbocycles. The maximum atomic E-state index is 12.4. The van der Waals surface area contributed by atoms with E-state index in [1.165, 1.54) is 24.3 Å². The molecule has 25 heavy (non-hydrogen) atoms. The van der Waals surface area contributed by atoms with Crippen LogP contribution in [0, 0.1) is 17.0 Å². The molecule has 0 bridgehead atoms.